The largest absolute Gasteiger partial charge is 0.351 e. The molecular weight excluding hydrogens is 300 g/mol. The van der Waals surface area contributed by atoms with E-state index in [2.05, 4.69) is 19.2 Å². The van der Waals surface area contributed by atoms with E-state index < -0.39 is 10.0 Å². The van der Waals surface area contributed by atoms with E-state index >= 15 is 0 Å². The van der Waals surface area contributed by atoms with Crippen molar-refractivity contribution < 1.29 is 13.2 Å². The molecule has 0 saturated heterocycles. The molecule has 22 heavy (non-hydrogen) atoms. The van der Waals surface area contributed by atoms with Crippen molar-refractivity contribution >= 4 is 15.9 Å². The first-order valence-corrected chi connectivity index (χ1v) is 9.35. The highest BCUT2D eigenvalue weighted by Crippen LogP contribution is 2.06. The molecule has 1 rings (SSSR count). The fourth-order valence-corrected chi connectivity index (χ4v) is 2.81. The molecule has 0 spiro atoms. The van der Waals surface area contributed by atoms with Gasteiger partial charge in [-0.2, -0.15) is 0 Å². The van der Waals surface area contributed by atoms with Crippen LogP contribution in [0.3, 0.4) is 0 Å². The SMILES string of the molecule is Cc1ccc(C(=O)NCCN(CCC(C)C)S(C)(=O)=O)cc1. The Balaban J connectivity index is 2.51. The average Bonchev–Trinajstić information content (AvgIpc) is 2.41. The van der Waals surface area contributed by atoms with E-state index in [4.69, 9.17) is 0 Å². The zero-order valence-electron chi connectivity index (χ0n) is 13.8. The summed E-state index contributed by atoms with van der Waals surface area (Å²) in [6.07, 6.45) is 2.01. The number of nitrogens with zero attached hydrogens (tertiary/aromatic N) is 1. The van der Waals surface area contributed by atoms with Crippen LogP contribution in [0.1, 0.15) is 36.2 Å². The van der Waals surface area contributed by atoms with E-state index in [9.17, 15) is 13.2 Å². The highest BCUT2D eigenvalue weighted by Gasteiger charge is 2.16. The highest BCUT2D eigenvalue weighted by molar-refractivity contribution is 7.88. The molecule has 6 heteroatoms. The van der Waals surface area contributed by atoms with Gasteiger partial charge in [-0.25, -0.2) is 12.7 Å². The number of amides is 1. The van der Waals surface area contributed by atoms with Gasteiger partial charge in [-0.05, 0) is 31.4 Å². The monoisotopic (exact) mass is 326 g/mol. The molecule has 0 fully saturated rings. The normalized spacial score (nSPS) is 11.9. The number of carbonyl (C=O) groups is 1. The van der Waals surface area contributed by atoms with Gasteiger partial charge in [0.05, 0.1) is 6.26 Å². The maximum atomic E-state index is 12.0. The summed E-state index contributed by atoms with van der Waals surface area (Å²) in [6, 6.07) is 7.27. The molecule has 5 nitrogen and oxygen atoms in total. The Morgan fingerprint density at radius 3 is 2.27 bits per heavy atom. The summed E-state index contributed by atoms with van der Waals surface area (Å²) in [5.74, 6) is 0.253. The van der Waals surface area contributed by atoms with Gasteiger partial charge in [-0.3, -0.25) is 4.79 Å². The number of hydrogen-bond donors (Lipinski definition) is 1. The van der Waals surface area contributed by atoms with Crippen molar-refractivity contribution in [2.45, 2.75) is 27.2 Å². The van der Waals surface area contributed by atoms with E-state index in [0.717, 1.165) is 12.0 Å². The second-order valence-corrected chi connectivity index (χ2v) is 7.95. The van der Waals surface area contributed by atoms with E-state index in [1.54, 1.807) is 12.1 Å². The lowest BCUT2D eigenvalue weighted by Gasteiger charge is -2.21. The van der Waals surface area contributed by atoms with Gasteiger partial charge in [-0.1, -0.05) is 31.5 Å². The summed E-state index contributed by atoms with van der Waals surface area (Å²) in [5, 5.41) is 2.76. The van der Waals surface area contributed by atoms with E-state index in [1.807, 2.05) is 19.1 Å². The van der Waals surface area contributed by atoms with E-state index in [0.29, 0.717) is 31.1 Å². The Morgan fingerprint density at radius 2 is 1.77 bits per heavy atom. The molecule has 0 aliphatic rings. The highest BCUT2D eigenvalue weighted by atomic mass is 32.2. The quantitative estimate of drug-likeness (QED) is 0.795. The number of nitrogens with one attached hydrogen (secondary N) is 1. The van der Waals surface area contributed by atoms with Crippen LogP contribution in [0.4, 0.5) is 0 Å². The van der Waals surface area contributed by atoms with Crippen molar-refractivity contribution in [2.24, 2.45) is 5.92 Å². The molecule has 1 amide bonds. The predicted octanol–water partition coefficient (Wildman–Crippen LogP) is 2.03. The Kier molecular flexibility index (Phi) is 7.03. The lowest BCUT2D eigenvalue weighted by Crippen LogP contribution is -2.38. The van der Waals surface area contributed by atoms with Gasteiger partial charge in [0, 0.05) is 25.2 Å². The average molecular weight is 326 g/mol. The Hall–Kier alpha value is -1.40. The molecule has 124 valence electrons. The van der Waals surface area contributed by atoms with Crippen LogP contribution < -0.4 is 5.32 Å². The minimum Gasteiger partial charge on any atom is -0.351 e. The fourth-order valence-electron chi connectivity index (χ4n) is 1.95. The van der Waals surface area contributed by atoms with Crippen LogP contribution >= 0.6 is 0 Å². The number of benzene rings is 1. The van der Waals surface area contributed by atoms with Crippen molar-refractivity contribution in [3.63, 3.8) is 0 Å². The first-order chi connectivity index (χ1) is 10.2. The molecule has 0 heterocycles. The number of hydrogen-bond acceptors (Lipinski definition) is 3. The standard InChI is InChI=1S/C16H26N2O3S/c1-13(2)9-11-18(22(4,20)21)12-10-17-16(19)15-7-5-14(3)6-8-15/h5-8,13H,9-12H2,1-4H3,(H,17,19). The fraction of sp³-hybridized carbons (Fsp3) is 0.562. The first kappa shape index (κ1) is 18.6. The summed E-state index contributed by atoms with van der Waals surface area (Å²) in [4.78, 5) is 12.0. The summed E-state index contributed by atoms with van der Waals surface area (Å²) >= 11 is 0. The van der Waals surface area contributed by atoms with Gasteiger partial charge in [0.25, 0.3) is 5.91 Å². The topological polar surface area (TPSA) is 66.5 Å². The number of carbonyl (C=O) groups excluding carboxylic acids is 1. The van der Waals surface area contributed by atoms with Crippen molar-refractivity contribution in [1.82, 2.24) is 9.62 Å². The maximum Gasteiger partial charge on any atom is 0.251 e. The van der Waals surface area contributed by atoms with Crippen LogP contribution in [0.15, 0.2) is 24.3 Å². The zero-order valence-corrected chi connectivity index (χ0v) is 14.6. The van der Waals surface area contributed by atoms with Crippen molar-refractivity contribution in [2.75, 3.05) is 25.9 Å². The maximum absolute atomic E-state index is 12.0. The molecule has 0 aliphatic carbocycles. The van der Waals surface area contributed by atoms with E-state index in [-0.39, 0.29) is 5.91 Å². The predicted molar refractivity (Wildman–Crippen MR) is 89.4 cm³/mol. The second kappa shape index (κ2) is 8.29. The van der Waals surface area contributed by atoms with Gasteiger partial charge < -0.3 is 5.32 Å². The van der Waals surface area contributed by atoms with Crippen LogP contribution in [0, 0.1) is 12.8 Å². The van der Waals surface area contributed by atoms with Crippen LogP contribution in [0.25, 0.3) is 0 Å². The van der Waals surface area contributed by atoms with Gasteiger partial charge in [-0.15, -0.1) is 0 Å². The summed E-state index contributed by atoms with van der Waals surface area (Å²) in [7, 11) is -3.25. The molecule has 0 saturated carbocycles. The summed E-state index contributed by atoms with van der Waals surface area (Å²) < 4.78 is 24.9. The number of sulfonamides is 1. The third-order valence-electron chi connectivity index (χ3n) is 3.39. The second-order valence-electron chi connectivity index (χ2n) is 5.97. The summed E-state index contributed by atoms with van der Waals surface area (Å²) in [6.45, 7) is 7.15. The third kappa shape index (κ3) is 6.58. The minimum atomic E-state index is -3.25. The van der Waals surface area contributed by atoms with Crippen LogP contribution in [-0.4, -0.2) is 44.5 Å². The molecule has 0 aliphatic heterocycles. The van der Waals surface area contributed by atoms with E-state index in [1.165, 1.54) is 10.6 Å². The van der Waals surface area contributed by atoms with Crippen molar-refractivity contribution in [3.8, 4) is 0 Å². The van der Waals surface area contributed by atoms with Gasteiger partial charge in [0.1, 0.15) is 0 Å². The van der Waals surface area contributed by atoms with Crippen LogP contribution in [0.5, 0.6) is 0 Å². The van der Waals surface area contributed by atoms with Crippen molar-refractivity contribution in [1.29, 1.82) is 0 Å². The van der Waals surface area contributed by atoms with Gasteiger partial charge in [0.15, 0.2) is 0 Å². The molecule has 1 N–H and O–H groups in total. The minimum absolute atomic E-state index is 0.183. The van der Waals surface area contributed by atoms with Gasteiger partial charge >= 0.3 is 0 Å². The molecule has 0 aromatic heterocycles. The third-order valence-corrected chi connectivity index (χ3v) is 4.69. The van der Waals surface area contributed by atoms with Crippen molar-refractivity contribution in [3.05, 3.63) is 35.4 Å². The smallest absolute Gasteiger partial charge is 0.251 e. The molecule has 1 aromatic rings. The first-order valence-electron chi connectivity index (χ1n) is 7.50. The molecular formula is C16H26N2O3S. The Morgan fingerprint density at radius 1 is 1.18 bits per heavy atom. The summed E-state index contributed by atoms with van der Waals surface area (Å²) in [5.41, 5.74) is 1.67. The Bertz CT molecular complexity index is 580. The molecule has 0 radical (unpaired) electrons. The lowest BCUT2D eigenvalue weighted by atomic mass is 10.1. The van der Waals surface area contributed by atoms with Crippen LogP contribution in [0.2, 0.25) is 0 Å². The Labute approximate surface area is 133 Å². The molecule has 0 atom stereocenters. The number of aryl methyl sites for hydroxylation is 1. The molecule has 0 bridgehead atoms. The lowest BCUT2D eigenvalue weighted by molar-refractivity contribution is 0.0951. The molecule has 0 unspecified atom stereocenters. The number of rotatable bonds is 8. The van der Waals surface area contributed by atoms with Crippen LogP contribution in [-0.2, 0) is 10.0 Å². The molecule has 1 aromatic carbocycles. The zero-order chi connectivity index (χ0) is 16.8. The van der Waals surface area contributed by atoms with Gasteiger partial charge in [0.2, 0.25) is 10.0 Å².